The predicted octanol–water partition coefficient (Wildman–Crippen LogP) is 3.54. The van der Waals surface area contributed by atoms with E-state index in [1.54, 1.807) is 19.5 Å². The van der Waals surface area contributed by atoms with Gasteiger partial charge in [-0.3, -0.25) is 4.98 Å². The number of pyridine rings is 1. The summed E-state index contributed by atoms with van der Waals surface area (Å²) in [5.41, 5.74) is 2.90. The highest BCUT2D eigenvalue weighted by molar-refractivity contribution is 5.57. The number of nitrogens with one attached hydrogen (secondary N) is 2. The van der Waals surface area contributed by atoms with Gasteiger partial charge in [0.1, 0.15) is 11.6 Å². The van der Waals surface area contributed by atoms with Crippen molar-refractivity contribution in [1.82, 2.24) is 15.0 Å². The molecule has 3 aromatic rings. The van der Waals surface area contributed by atoms with Crippen molar-refractivity contribution < 1.29 is 4.74 Å². The fraction of sp³-hybridized carbons (Fsp3) is 0.167. The lowest BCUT2D eigenvalue weighted by atomic mass is 10.3. The Hall–Kier alpha value is -3.15. The van der Waals surface area contributed by atoms with Crippen LogP contribution < -0.4 is 15.4 Å². The largest absolute Gasteiger partial charge is 0.497 e. The van der Waals surface area contributed by atoms with Gasteiger partial charge in [0.25, 0.3) is 0 Å². The number of anilines is 3. The second kappa shape index (κ2) is 7.41. The first kappa shape index (κ1) is 15.7. The molecule has 2 aromatic heterocycles. The summed E-state index contributed by atoms with van der Waals surface area (Å²) in [6.07, 6.45) is 3.55. The molecule has 0 aliphatic rings. The van der Waals surface area contributed by atoms with Crippen molar-refractivity contribution in [1.29, 1.82) is 0 Å². The number of aryl methyl sites for hydroxylation is 1. The number of aromatic nitrogens is 3. The summed E-state index contributed by atoms with van der Waals surface area (Å²) in [5.74, 6) is 2.09. The molecule has 0 bridgehead atoms. The van der Waals surface area contributed by atoms with Gasteiger partial charge >= 0.3 is 0 Å². The van der Waals surface area contributed by atoms with E-state index in [0.29, 0.717) is 12.5 Å². The van der Waals surface area contributed by atoms with Gasteiger partial charge in [-0.15, -0.1) is 0 Å². The Bertz CT molecular complexity index is 808. The minimum absolute atomic E-state index is 0.542. The molecular weight excluding hydrogens is 302 g/mol. The van der Waals surface area contributed by atoms with Crippen LogP contribution in [0.25, 0.3) is 0 Å². The van der Waals surface area contributed by atoms with Gasteiger partial charge in [0.2, 0.25) is 5.95 Å². The maximum atomic E-state index is 5.23. The topological polar surface area (TPSA) is 72.0 Å². The molecule has 0 aliphatic heterocycles. The maximum Gasteiger partial charge on any atom is 0.229 e. The lowest BCUT2D eigenvalue weighted by Crippen LogP contribution is -2.05. The van der Waals surface area contributed by atoms with E-state index in [1.165, 1.54) is 0 Å². The van der Waals surface area contributed by atoms with Crippen molar-refractivity contribution in [3.63, 3.8) is 0 Å². The van der Waals surface area contributed by atoms with E-state index >= 15 is 0 Å². The molecular formula is C18H19N5O. The summed E-state index contributed by atoms with van der Waals surface area (Å²) in [4.78, 5) is 13.0. The SMILES string of the molecule is COc1cccc(Nc2nc(C)cc(NCc3ccncc3)n2)c1. The average Bonchev–Trinajstić information content (AvgIpc) is 2.60. The number of rotatable bonds is 6. The van der Waals surface area contributed by atoms with Gasteiger partial charge in [-0.2, -0.15) is 4.98 Å². The minimum Gasteiger partial charge on any atom is -0.497 e. The molecule has 0 spiro atoms. The second-order valence-corrected chi connectivity index (χ2v) is 5.28. The molecule has 1 aromatic carbocycles. The molecule has 2 N–H and O–H groups in total. The average molecular weight is 321 g/mol. The molecule has 0 unspecified atom stereocenters. The molecule has 0 saturated carbocycles. The van der Waals surface area contributed by atoms with E-state index < -0.39 is 0 Å². The number of hydrogen-bond donors (Lipinski definition) is 2. The Balaban J connectivity index is 1.73. The lowest BCUT2D eigenvalue weighted by Gasteiger charge is -2.10. The van der Waals surface area contributed by atoms with Gasteiger partial charge in [-0.1, -0.05) is 6.07 Å². The molecule has 6 nitrogen and oxygen atoms in total. The highest BCUT2D eigenvalue weighted by Crippen LogP contribution is 2.20. The number of nitrogens with zero attached hydrogens (tertiary/aromatic N) is 3. The normalized spacial score (nSPS) is 10.2. The van der Waals surface area contributed by atoms with E-state index in [-0.39, 0.29) is 0 Å². The van der Waals surface area contributed by atoms with Crippen molar-refractivity contribution in [3.05, 3.63) is 66.1 Å². The summed E-state index contributed by atoms with van der Waals surface area (Å²) in [6.45, 7) is 2.62. The van der Waals surface area contributed by atoms with Crippen LogP contribution in [-0.4, -0.2) is 22.1 Å². The van der Waals surface area contributed by atoms with E-state index in [1.807, 2.05) is 49.4 Å². The van der Waals surface area contributed by atoms with Crippen molar-refractivity contribution in [2.45, 2.75) is 13.5 Å². The maximum absolute atomic E-state index is 5.23. The minimum atomic E-state index is 0.542. The molecule has 0 amide bonds. The molecule has 2 heterocycles. The molecule has 0 aliphatic carbocycles. The lowest BCUT2D eigenvalue weighted by molar-refractivity contribution is 0.415. The van der Waals surface area contributed by atoms with Crippen molar-refractivity contribution >= 4 is 17.5 Å². The first-order valence-electron chi connectivity index (χ1n) is 7.62. The summed E-state index contributed by atoms with van der Waals surface area (Å²) >= 11 is 0. The van der Waals surface area contributed by atoms with Crippen LogP contribution in [0.1, 0.15) is 11.3 Å². The third-order valence-corrected chi connectivity index (χ3v) is 3.40. The van der Waals surface area contributed by atoms with E-state index in [9.17, 15) is 0 Å². The molecule has 6 heteroatoms. The fourth-order valence-corrected chi connectivity index (χ4v) is 2.24. The Morgan fingerprint density at radius 3 is 2.67 bits per heavy atom. The molecule has 122 valence electrons. The van der Waals surface area contributed by atoms with Crippen LogP contribution in [0.3, 0.4) is 0 Å². The third kappa shape index (κ3) is 4.19. The van der Waals surface area contributed by atoms with Crippen molar-refractivity contribution in [2.75, 3.05) is 17.7 Å². The van der Waals surface area contributed by atoms with Crippen LogP contribution in [-0.2, 0) is 6.54 Å². The molecule has 0 radical (unpaired) electrons. The Morgan fingerprint density at radius 2 is 1.88 bits per heavy atom. The molecule has 3 rings (SSSR count). The van der Waals surface area contributed by atoms with Crippen LogP contribution in [0.4, 0.5) is 17.5 Å². The van der Waals surface area contributed by atoms with Crippen LogP contribution in [0.5, 0.6) is 5.75 Å². The summed E-state index contributed by atoms with van der Waals surface area (Å²) in [5, 5.41) is 6.51. The highest BCUT2D eigenvalue weighted by atomic mass is 16.5. The molecule has 0 atom stereocenters. The molecule has 24 heavy (non-hydrogen) atoms. The number of methoxy groups -OCH3 is 1. The quantitative estimate of drug-likeness (QED) is 0.723. The standard InChI is InChI=1S/C18H19N5O/c1-13-10-17(20-12-14-6-8-19-9-7-14)23-18(21-13)22-15-4-3-5-16(11-15)24-2/h3-11H,12H2,1-2H3,(H2,20,21,22,23). The zero-order chi connectivity index (χ0) is 16.8. The van der Waals surface area contributed by atoms with Crippen molar-refractivity contribution in [2.24, 2.45) is 0 Å². The summed E-state index contributed by atoms with van der Waals surface area (Å²) < 4.78 is 5.23. The van der Waals surface area contributed by atoms with E-state index in [0.717, 1.165) is 28.5 Å². The van der Waals surface area contributed by atoms with E-state index in [4.69, 9.17) is 4.74 Å². The Labute approximate surface area is 141 Å². The first-order chi connectivity index (χ1) is 11.7. The predicted molar refractivity (Wildman–Crippen MR) is 94.6 cm³/mol. The highest BCUT2D eigenvalue weighted by Gasteiger charge is 2.04. The Kier molecular flexibility index (Phi) is 4.86. The number of benzene rings is 1. The van der Waals surface area contributed by atoms with E-state index in [2.05, 4.69) is 25.6 Å². The van der Waals surface area contributed by atoms with Crippen LogP contribution in [0.15, 0.2) is 54.9 Å². The zero-order valence-corrected chi connectivity index (χ0v) is 13.7. The summed E-state index contributed by atoms with van der Waals surface area (Å²) in [6, 6.07) is 13.5. The van der Waals surface area contributed by atoms with Gasteiger partial charge in [0.15, 0.2) is 0 Å². The van der Waals surface area contributed by atoms with Gasteiger partial charge in [-0.05, 0) is 36.8 Å². The molecule has 0 fully saturated rings. The fourth-order valence-electron chi connectivity index (χ4n) is 2.24. The first-order valence-corrected chi connectivity index (χ1v) is 7.62. The Morgan fingerprint density at radius 1 is 1.04 bits per heavy atom. The van der Waals surface area contributed by atoms with Crippen molar-refractivity contribution in [3.8, 4) is 5.75 Å². The van der Waals surface area contributed by atoms with Gasteiger partial charge < -0.3 is 15.4 Å². The monoisotopic (exact) mass is 321 g/mol. The van der Waals surface area contributed by atoms with Crippen LogP contribution >= 0.6 is 0 Å². The summed E-state index contributed by atoms with van der Waals surface area (Å²) in [7, 11) is 1.64. The zero-order valence-electron chi connectivity index (χ0n) is 13.7. The van der Waals surface area contributed by atoms with Crippen LogP contribution in [0.2, 0.25) is 0 Å². The van der Waals surface area contributed by atoms with Gasteiger partial charge in [0.05, 0.1) is 7.11 Å². The van der Waals surface area contributed by atoms with Gasteiger partial charge in [-0.25, -0.2) is 4.98 Å². The second-order valence-electron chi connectivity index (χ2n) is 5.28. The number of ether oxygens (including phenoxy) is 1. The smallest absolute Gasteiger partial charge is 0.229 e. The number of hydrogen-bond acceptors (Lipinski definition) is 6. The van der Waals surface area contributed by atoms with Crippen LogP contribution in [0, 0.1) is 6.92 Å². The van der Waals surface area contributed by atoms with Gasteiger partial charge in [0, 0.05) is 42.5 Å². The third-order valence-electron chi connectivity index (χ3n) is 3.40. The molecule has 0 saturated heterocycles.